The van der Waals surface area contributed by atoms with Crippen LogP contribution in [0.3, 0.4) is 0 Å². The molecule has 0 spiro atoms. The van der Waals surface area contributed by atoms with Crippen molar-refractivity contribution in [1.82, 2.24) is 30.4 Å². The lowest BCUT2D eigenvalue weighted by Gasteiger charge is -2.23. The largest absolute Gasteiger partial charge is 0.391 e. The van der Waals surface area contributed by atoms with Gasteiger partial charge in [0, 0.05) is 29.4 Å². The molecular formula is C30H29BrClN7O4. The number of amides is 2. The Morgan fingerprint density at radius 2 is 1.95 bits per heavy atom. The number of aromatic amines is 1. The van der Waals surface area contributed by atoms with E-state index in [4.69, 9.17) is 17.3 Å². The number of carbonyl (C=O) groups is 2. The van der Waals surface area contributed by atoms with Crippen molar-refractivity contribution in [2.75, 3.05) is 6.54 Å². The molecule has 6 N–H and O–H groups in total. The Morgan fingerprint density at radius 3 is 2.74 bits per heavy atom. The van der Waals surface area contributed by atoms with E-state index in [9.17, 15) is 19.5 Å². The van der Waals surface area contributed by atoms with Crippen LogP contribution in [0.5, 0.6) is 0 Å². The first-order valence-electron chi connectivity index (χ1n) is 13.5. The molecule has 43 heavy (non-hydrogen) atoms. The second-order valence-corrected chi connectivity index (χ2v) is 11.5. The van der Waals surface area contributed by atoms with E-state index in [-0.39, 0.29) is 31.0 Å². The van der Waals surface area contributed by atoms with Gasteiger partial charge in [-0.05, 0) is 69.9 Å². The standard InChI is InChI=1S/C30H29BrClN7O4/c1-16(40)28(33)29(42)37-26(19-4-2-3-17(9-19)18-5-6-24-20(10-18)13-36-38-24)14-34-27(41)7-8-39-15-35-25-12-22(31)23(32)11-21(25)30(39)43/h2-6,9-13,15-16,26,28,40H,7-8,14,33H2,1H3,(H,34,41)(H,36,38)(H,37,42)/t16-,26+,28+/m1/s1. The van der Waals surface area contributed by atoms with E-state index in [0.29, 0.717) is 20.4 Å². The first-order valence-corrected chi connectivity index (χ1v) is 14.7. The van der Waals surface area contributed by atoms with E-state index in [2.05, 4.69) is 41.7 Å². The molecule has 0 unspecified atom stereocenters. The Hall–Kier alpha value is -4.10. The van der Waals surface area contributed by atoms with Crippen LogP contribution in [0, 0.1) is 0 Å². The van der Waals surface area contributed by atoms with Gasteiger partial charge in [-0.3, -0.25) is 24.0 Å². The minimum absolute atomic E-state index is 0.00401. The van der Waals surface area contributed by atoms with Crippen LogP contribution in [-0.4, -0.2) is 55.4 Å². The molecule has 5 rings (SSSR count). The Morgan fingerprint density at radius 1 is 1.16 bits per heavy atom. The summed E-state index contributed by atoms with van der Waals surface area (Å²) in [5, 5.41) is 24.2. The summed E-state index contributed by atoms with van der Waals surface area (Å²) >= 11 is 9.48. The number of halogens is 2. The number of hydrogen-bond acceptors (Lipinski definition) is 7. The molecule has 0 aliphatic rings. The van der Waals surface area contributed by atoms with Crippen molar-refractivity contribution in [3.05, 3.63) is 92.5 Å². The molecule has 3 aromatic carbocycles. The number of carbonyl (C=O) groups excluding carboxylic acids is 2. The third-order valence-corrected chi connectivity index (χ3v) is 8.35. The summed E-state index contributed by atoms with van der Waals surface area (Å²) in [5.74, 6) is -0.889. The molecule has 0 bridgehead atoms. The highest BCUT2D eigenvalue weighted by Gasteiger charge is 2.23. The topological polar surface area (TPSA) is 168 Å². The lowest BCUT2D eigenvalue weighted by atomic mass is 9.98. The van der Waals surface area contributed by atoms with Crippen molar-refractivity contribution in [2.45, 2.75) is 38.1 Å². The van der Waals surface area contributed by atoms with Gasteiger partial charge in [-0.15, -0.1) is 0 Å². The van der Waals surface area contributed by atoms with Crippen LogP contribution < -0.4 is 21.9 Å². The van der Waals surface area contributed by atoms with E-state index in [1.54, 1.807) is 18.3 Å². The van der Waals surface area contributed by atoms with Crippen LogP contribution in [0.1, 0.15) is 24.9 Å². The molecule has 11 nitrogen and oxygen atoms in total. The quantitative estimate of drug-likeness (QED) is 0.152. The van der Waals surface area contributed by atoms with Gasteiger partial charge in [0.05, 0.1) is 46.1 Å². The number of fused-ring (bicyclic) bond motifs is 2. The molecule has 3 atom stereocenters. The van der Waals surface area contributed by atoms with Crippen molar-refractivity contribution < 1.29 is 14.7 Å². The zero-order chi connectivity index (χ0) is 30.7. The smallest absolute Gasteiger partial charge is 0.261 e. The Kier molecular flexibility index (Phi) is 9.21. The molecular weight excluding hydrogens is 638 g/mol. The minimum atomic E-state index is -1.15. The molecule has 0 saturated carbocycles. The second-order valence-electron chi connectivity index (χ2n) is 10.2. The van der Waals surface area contributed by atoms with Gasteiger partial charge in [0.15, 0.2) is 0 Å². The van der Waals surface area contributed by atoms with E-state index in [1.165, 1.54) is 17.8 Å². The third-order valence-electron chi connectivity index (χ3n) is 7.15. The molecule has 5 aromatic rings. The minimum Gasteiger partial charge on any atom is -0.391 e. The third kappa shape index (κ3) is 6.94. The lowest BCUT2D eigenvalue weighted by molar-refractivity contribution is -0.126. The molecule has 0 aliphatic heterocycles. The highest BCUT2D eigenvalue weighted by Crippen LogP contribution is 2.27. The zero-order valence-electron chi connectivity index (χ0n) is 23.1. The number of H-pyrrole nitrogens is 1. The van der Waals surface area contributed by atoms with E-state index in [0.717, 1.165) is 27.6 Å². The van der Waals surface area contributed by atoms with Crippen molar-refractivity contribution in [1.29, 1.82) is 0 Å². The zero-order valence-corrected chi connectivity index (χ0v) is 25.4. The van der Waals surface area contributed by atoms with Gasteiger partial charge >= 0.3 is 0 Å². The summed E-state index contributed by atoms with van der Waals surface area (Å²) in [5.41, 5.74) is 9.56. The number of benzene rings is 3. The van der Waals surface area contributed by atoms with Crippen LogP contribution >= 0.6 is 27.5 Å². The van der Waals surface area contributed by atoms with E-state index < -0.39 is 24.1 Å². The van der Waals surface area contributed by atoms with Crippen LogP contribution in [0.25, 0.3) is 32.9 Å². The Bertz CT molecular complexity index is 1870. The number of aliphatic hydroxyl groups excluding tert-OH is 1. The molecule has 2 aromatic heterocycles. The van der Waals surface area contributed by atoms with Gasteiger partial charge in [-0.1, -0.05) is 35.9 Å². The normalized spacial score (nSPS) is 13.5. The number of nitrogens with zero attached hydrogens (tertiary/aromatic N) is 3. The molecule has 2 heterocycles. The highest BCUT2D eigenvalue weighted by molar-refractivity contribution is 9.10. The van der Waals surface area contributed by atoms with Gasteiger partial charge in [-0.25, -0.2) is 4.98 Å². The average molecular weight is 667 g/mol. The molecule has 2 amide bonds. The monoisotopic (exact) mass is 665 g/mol. The number of aryl methyl sites for hydroxylation is 1. The van der Waals surface area contributed by atoms with E-state index >= 15 is 0 Å². The van der Waals surface area contributed by atoms with Crippen molar-refractivity contribution in [3.8, 4) is 11.1 Å². The number of hydrogen-bond donors (Lipinski definition) is 5. The van der Waals surface area contributed by atoms with Gasteiger partial charge in [-0.2, -0.15) is 5.10 Å². The summed E-state index contributed by atoms with van der Waals surface area (Å²) in [6.45, 7) is 1.58. The fourth-order valence-corrected chi connectivity index (χ4v) is 5.13. The maximum Gasteiger partial charge on any atom is 0.261 e. The maximum atomic E-state index is 12.9. The lowest BCUT2D eigenvalue weighted by Crippen LogP contribution is -2.49. The summed E-state index contributed by atoms with van der Waals surface area (Å²) in [6, 6.07) is 14.9. The Balaban J connectivity index is 1.31. The molecule has 13 heteroatoms. The molecule has 0 saturated heterocycles. The average Bonchev–Trinajstić information content (AvgIpc) is 3.47. The maximum absolute atomic E-state index is 12.9. The molecule has 222 valence electrons. The van der Waals surface area contributed by atoms with Crippen LogP contribution in [0.4, 0.5) is 0 Å². The van der Waals surface area contributed by atoms with Gasteiger partial charge in [0.1, 0.15) is 6.04 Å². The number of rotatable bonds is 10. The molecule has 0 fully saturated rings. The predicted octanol–water partition coefficient (Wildman–Crippen LogP) is 3.43. The van der Waals surface area contributed by atoms with Gasteiger partial charge in [0.25, 0.3) is 5.56 Å². The summed E-state index contributed by atoms with van der Waals surface area (Å²) in [7, 11) is 0. The summed E-state index contributed by atoms with van der Waals surface area (Å²) in [6.07, 6.45) is 2.07. The van der Waals surface area contributed by atoms with E-state index in [1.807, 2.05) is 42.5 Å². The summed E-state index contributed by atoms with van der Waals surface area (Å²) < 4.78 is 1.99. The number of nitrogens with two attached hydrogens (primary N) is 1. The first kappa shape index (κ1) is 30.4. The van der Waals surface area contributed by atoms with Crippen LogP contribution in [0.15, 0.2) is 76.4 Å². The van der Waals surface area contributed by atoms with Gasteiger partial charge < -0.3 is 21.5 Å². The first-order chi connectivity index (χ1) is 20.6. The number of aromatic nitrogens is 4. The van der Waals surface area contributed by atoms with Crippen molar-refractivity contribution >= 4 is 61.2 Å². The fourth-order valence-electron chi connectivity index (χ4n) is 4.64. The number of aliphatic hydroxyl groups is 1. The molecule has 0 aliphatic carbocycles. The van der Waals surface area contributed by atoms with Gasteiger partial charge in [0.2, 0.25) is 11.8 Å². The summed E-state index contributed by atoms with van der Waals surface area (Å²) in [4.78, 5) is 42.9. The fraction of sp³-hybridized carbons (Fsp3) is 0.233. The highest BCUT2D eigenvalue weighted by atomic mass is 79.9. The SMILES string of the molecule is C[C@@H](O)[C@H](N)C(=O)N[C@@H](CNC(=O)CCn1cnc2cc(Br)c(Cl)cc2c1=O)c1cccc(-c2ccc3[nH]ncc3c2)c1. The van der Waals surface area contributed by atoms with Crippen molar-refractivity contribution in [2.24, 2.45) is 5.73 Å². The number of nitrogens with one attached hydrogen (secondary N) is 3. The van der Waals surface area contributed by atoms with Crippen LogP contribution in [0.2, 0.25) is 5.02 Å². The Labute approximate surface area is 259 Å². The molecule has 0 radical (unpaired) electrons. The van der Waals surface area contributed by atoms with Crippen molar-refractivity contribution in [3.63, 3.8) is 0 Å². The van der Waals surface area contributed by atoms with Crippen LogP contribution in [-0.2, 0) is 16.1 Å². The predicted molar refractivity (Wildman–Crippen MR) is 168 cm³/mol. The second kappa shape index (κ2) is 13.0.